The number of nitrogens with two attached hydrogens (primary N) is 1. The van der Waals surface area contributed by atoms with Gasteiger partial charge >= 0.3 is 0 Å². The molecular formula is C11H8BrClFN3O2S. The number of aromatic nitrogens is 1. The van der Waals surface area contributed by atoms with Gasteiger partial charge in [0.25, 0.3) is 10.0 Å². The van der Waals surface area contributed by atoms with Crippen LogP contribution in [0.5, 0.6) is 0 Å². The average molecular weight is 381 g/mol. The largest absolute Gasteiger partial charge is 0.396 e. The van der Waals surface area contributed by atoms with Crippen LogP contribution in [-0.2, 0) is 10.0 Å². The Hall–Kier alpha value is -1.38. The molecule has 0 aliphatic rings. The van der Waals surface area contributed by atoms with Crippen LogP contribution in [0, 0.1) is 5.82 Å². The van der Waals surface area contributed by atoms with Crippen LogP contribution in [0.25, 0.3) is 0 Å². The molecule has 106 valence electrons. The maximum atomic E-state index is 13.1. The van der Waals surface area contributed by atoms with Crippen LogP contribution in [0.4, 0.5) is 15.8 Å². The molecule has 0 atom stereocenters. The molecule has 0 aliphatic heterocycles. The summed E-state index contributed by atoms with van der Waals surface area (Å²) in [4.78, 5) is 3.62. The third kappa shape index (κ3) is 3.20. The Kier molecular flexibility index (Phi) is 4.17. The van der Waals surface area contributed by atoms with Gasteiger partial charge in [-0.1, -0.05) is 11.6 Å². The zero-order valence-corrected chi connectivity index (χ0v) is 12.9. The van der Waals surface area contributed by atoms with Gasteiger partial charge in [-0.3, -0.25) is 4.72 Å². The Labute approximate surface area is 128 Å². The summed E-state index contributed by atoms with van der Waals surface area (Å²) in [7, 11) is -3.93. The molecule has 0 spiro atoms. The molecule has 2 aromatic rings. The van der Waals surface area contributed by atoms with Crippen LogP contribution in [-0.4, -0.2) is 13.4 Å². The zero-order valence-electron chi connectivity index (χ0n) is 9.77. The highest BCUT2D eigenvalue weighted by Gasteiger charge is 2.17. The first-order chi connectivity index (χ1) is 9.29. The lowest BCUT2D eigenvalue weighted by atomic mass is 10.3. The van der Waals surface area contributed by atoms with Crippen molar-refractivity contribution in [3.05, 3.63) is 45.9 Å². The van der Waals surface area contributed by atoms with E-state index >= 15 is 0 Å². The van der Waals surface area contributed by atoms with E-state index in [9.17, 15) is 12.8 Å². The molecule has 20 heavy (non-hydrogen) atoms. The summed E-state index contributed by atoms with van der Waals surface area (Å²) in [6.07, 6.45) is 1.43. The summed E-state index contributed by atoms with van der Waals surface area (Å²) in [6, 6.07) is 4.56. The SMILES string of the molecule is Nc1cc(S(=O)(=O)Nc2cc(Br)cnc2Cl)ccc1F. The van der Waals surface area contributed by atoms with Crippen LogP contribution in [0.2, 0.25) is 5.15 Å². The van der Waals surface area contributed by atoms with Crippen molar-refractivity contribution in [2.45, 2.75) is 4.90 Å². The van der Waals surface area contributed by atoms with E-state index in [4.69, 9.17) is 17.3 Å². The number of nitrogen functional groups attached to an aromatic ring is 1. The number of hydrogen-bond acceptors (Lipinski definition) is 4. The molecule has 0 aliphatic carbocycles. The van der Waals surface area contributed by atoms with Gasteiger partial charge < -0.3 is 5.73 Å². The van der Waals surface area contributed by atoms with Crippen LogP contribution in [0.1, 0.15) is 0 Å². The predicted molar refractivity (Wildman–Crippen MR) is 78.6 cm³/mol. The van der Waals surface area contributed by atoms with Gasteiger partial charge in [-0.15, -0.1) is 0 Å². The Bertz CT molecular complexity index is 770. The predicted octanol–water partition coefficient (Wildman–Crippen LogP) is 3.02. The second kappa shape index (κ2) is 5.55. The molecule has 0 bridgehead atoms. The van der Waals surface area contributed by atoms with Crippen molar-refractivity contribution in [3.63, 3.8) is 0 Å². The lowest BCUT2D eigenvalue weighted by Crippen LogP contribution is -2.14. The van der Waals surface area contributed by atoms with Gasteiger partial charge in [-0.25, -0.2) is 17.8 Å². The van der Waals surface area contributed by atoms with E-state index in [1.165, 1.54) is 12.3 Å². The first-order valence-electron chi connectivity index (χ1n) is 5.18. The first-order valence-corrected chi connectivity index (χ1v) is 7.84. The van der Waals surface area contributed by atoms with E-state index < -0.39 is 15.8 Å². The molecular weight excluding hydrogens is 373 g/mol. The molecule has 1 aromatic carbocycles. The Balaban J connectivity index is 2.40. The summed E-state index contributed by atoms with van der Waals surface area (Å²) in [5.74, 6) is -0.689. The summed E-state index contributed by atoms with van der Waals surface area (Å²) in [5.41, 5.74) is 5.19. The highest BCUT2D eigenvalue weighted by Crippen LogP contribution is 2.26. The van der Waals surface area contributed by atoms with E-state index in [0.717, 1.165) is 18.2 Å². The number of rotatable bonds is 3. The Morgan fingerprint density at radius 1 is 1.35 bits per heavy atom. The monoisotopic (exact) mass is 379 g/mol. The number of hydrogen-bond donors (Lipinski definition) is 2. The average Bonchev–Trinajstić information content (AvgIpc) is 2.36. The highest BCUT2D eigenvalue weighted by atomic mass is 79.9. The third-order valence-electron chi connectivity index (χ3n) is 2.33. The van der Waals surface area contributed by atoms with Gasteiger partial charge in [0, 0.05) is 10.7 Å². The molecule has 1 heterocycles. The fraction of sp³-hybridized carbons (Fsp3) is 0. The molecule has 0 unspecified atom stereocenters. The van der Waals surface area contributed by atoms with Crippen molar-refractivity contribution >= 4 is 48.9 Å². The van der Waals surface area contributed by atoms with Crippen LogP contribution in [0.15, 0.2) is 39.8 Å². The normalized spacial score (nSPS) is 11.3. The lowest BCUT2D eigenvalue weighted by Gasteiger charge is -2.10. The molecule has 3 N–H and O–H groups in total. The number of halogens is 3. The number of nitrogens with zero attached hydrogens (tertiary/aromatic N) is 1. The molecule has 0 radical (unpaired) electrons. The van der Waals surface area contributed by atoms with Gasteiger partial charge in [0.2, 0.25) is 0 Å². The van der Waals surface area contributed by atoms with Crippen LogP contribution >= 0.6 is 27.5 Å². The summed E-state index contributed by atoms with van der Waals surface area (Å²) in [5, 5.41) is -0.00754. The summed E-state index contributed by atoms with van der Waals surface area (Å²) < 4.78 is 40.1. The number of pyridine rings is 1. The minimum atomic E-state index is -3.93. The van der Waals surface area contributed by atoms with Gasteiger partial charge in [-0.2, -0.15) is 0 Å². The van der Waals surface area contributed by atoms with Gasteiger partial charge in [-0.05, 0) is 40.2 Å². The molecule has 1 aromatic heterocycles. The number of benzene rings is 1. The topological polar surface area (TPSA) is 85.1 Å². The Morgan fingerprint density at radius 2 is 2.05 bits per heavy atom. The maximum absolute atomic E-state index is 13.1. The van der Waals surface area contributed by atoms with E-state index in [1.807, 2.05) is 0 Å². The van der Waals surface area contributed by atoms with Crippen LogP contribution in [0.3, 0.4) is 0 Å². The van der Waals surface area contributed by atoms with E-state index in [2.05, 4.69) is 25.6 Å². The first kappa shape index (κ1) is 15.0. The molecule has 9 heteroatoms. The fourth-order valence-corrected chi connectivity index (χ4v) is 3.02. The molecule has 0 saturated carbocycles. The summed E-state index contributed by atoms with van der Waals surface area (Å²) >= 11 is 8.96. The van der Waals surface area contributed by atoms with E-state index in [1.54, 1.807) is 0 Å². The molecule has 0 fully saturated rings. The summed E-state index contributed by atoms with van der Waals surface area (Å²) in [6.45, 7) is 0. The van der Waals surface area contributed by atoms with Crippen LogP contribution < -0.4 is 10.5 Å². The molecule has 0 amide bonds. The van der Waals surface area contributed by atoms with Crippen molar-refractivity contribution in [3.8, 4) is 0 Å². The molecule has 0 saturated heterocycles. The standard InChI is InChI=1S/C11H8BrClFN3O2S/c12-6-3-10(11(13)16-5-6)17-20(18,19)7-1-2-8(14)9(15)4-7/h1-5,17H,15H2. The van der Waals surface area contributed by atoms with Gasteiger partial charge in [0.1, 0.15) is 5.82 Å². The highest BCUT2D eigenvalue weighted by molar-refractivity contribution is 9.10. The Morgan fingerprint density at radius 3 is 2.70 bits per heavy atom. The smallest absolute Gasteiger partial charge is 0.262 e. The van der Waals surface area contributed by atoms with E-state index in [-0.39, 0.29) is 21.4 Å². The van der Waals surface area contributed by atoms with Crippen molar-refractivity contribution in [2.75, 3.05) is 10.5 Å². The second-order valence-corrected chi connectivity index (χ2v) is 6.74. The lowest BCUT2D eigenvalue weighted by molar-refractivity contribution is 0.600. The van der Waals surface area contributed by atoms with Gasteiger partial charge in [0.15, 0.2) is 5.15 Å². The fourth-order valence-electron chi connectivity index (χ4n) is 1.39. The van der Waals surface area contributed by atoms with Gasteiger partial charge in [0.05, 0.1) is 16.3 Å². The second-order valence-electron chi connectivity index (χ2n) is 3.78. The quantitative estimate of drug-likeness (QED) is 0.633. The number of nitrogens with one attached hydrogen (secondary N) is 1. The minimum Gasteiger partial charge on any atom is -0.396 e. The number of anilines is 2. The maximum Gasteiger partial charge on any atom is 0.262 e. The zero-order chi connectivity index (χ0) is 14.9. The van der Waals surface area contributed by atoms with Crippen molar-refractivity contribution in [2.24, 2.45) is 0 Å². The van der Waals surface area contributed by atoms with Crippen molar-refractivity contribution < 1.29 is 12.8 Å². The third-order valence-corrected chi connectivity index (χ3v) is 4.43. The molecule has 5 nitrogen and oxygen atoms in total. The number of sulfonamides is 1. The van der Waals surface area contributed by atoms with E-state index in [0.29, 0.717) is 4.47 Å². The van der Waals surface area contributed by atoms with Crippen molar-refractivity contribution in [1.29, 1.82) is 0 Å². The molecule has 2 rings (SSSR count). The minimum absolute atomic E-state index is 0.00754. The van der Waals surface area contributed by atoms with Crippen molar-refractivity contribution in [1.82, 2.24) is 4.98 Å².